The lowest BCUT2D eigenvalue weighted by Gasteiger charge is -2.25. The number of ketones is 1. The molecule has 1 aliphatic heterocycles. The Bertz CT molecular complexity index is 1400. The van der Waals surface area contributed by atoms with Crippen molar-refractivity contribution in [3.05, 3.63) is 112 Å². The smallest absolute Gasteiger partial charge is 0.290 e. The van der Waals surface area contributed by atoms with Crippen LogP contribution in [-0.2, 0) is 11.3 Å². The number of Topliss-reactive ketones (excluding diaryl/α,β-unsaturated/α-hetero) is 1. The Kier molecular flexibility index (Phi) is 4.78. The highest BCUT2D eigenvalue weighted by Gasteiger charge is 2.45. The minimum absolute atomic E-state index is 0.0548. The van der Waals surface area contributed by atoms with Crippen LogP contribution in [0.3, 0.4) is 0 Å². The van der Waals surface area contributed by atoms with Crippen molar-refractivity contribution in [1.82, 2.24) is 4.90 Å². The number of nitro groups is 1. The van der Waals surface area contributed by atoms with Crippen molar-refractivity contribution < 1.29 is 28.5 Å². The molecule has 1 amide bonds. The van der Waals surface area contributed by atoms with Gasteiger partial charge in [0.05, 0.1) is 29.3 Å². The third-order valence-electron chi connectivity index (χ3n) is 5.50. The Morgan fingerprint density at radius 3 is 2.64 bits per heavy atom. The average molecular weight is 444 g/mol. The molecule has 2 aromatic heterocycles. The zero-order valence-corrected chi connectivity index (χ0v) is 17.0. The largest absolute Gasteiger partial charge is 0.503 e. The summed E-state index contributed by atoms with van der Waals surface area (Å²) in [6, 6.07) is 16.4. The number of fused-ring (bicyclic) bond motifs is 1. The van der Waals surface area contributed by atoms with Gasteiger partial charge in [-0.05, 0) is 29.8 Å². The number of nitro benzene ring substituents is 1. The van der Waals surface area contributed by atoms with E-state index in [2.05, 4.69) is 0 Å². The molecule has 0 aliphatic carbocycles. The van der Waals surface area contributed by atoms with E-state index in [0.29, 0.717) is 22.3 Å². The number of hydrogen-bond donors (Lipinski definition) is 1. The van der Waals surface area contributed by atoms with Crippen LogP contribution in [0.2, 0.25) is 0 Å². The summed E-state index contributed by atoms with van der Waals surface area (Å²) in [6.07, 6.45) is 1.44. The van der Waals surface area contributed by atoms with Gasteiger partial charge in [-0.15, -0.1) is 0 Å². The molecule has 1 atom stereocenters. The molecule has 0 spiro atoms. The Hall–Kier alpha value is -4.66. The van der Waals surface area contributed by atoms with Gasteiger partial charge in [-0.1, -0.05) is 30.3 Å². The number of furan rings is 2. The van der Waals surface area contributed by atoms with Crippen molar-refractivity contribution in [3.8, 4) is 0 Å². The molecule has 1 N–H and O–H groups in total. The van der Waals surface area contributed by atoms with Crippen LogP contribution in [0.15, 0.2) is 93.2 Å². The first-order valence-corrected chi connectivity index (χ1v) is 9.98. The molecular weight excluding hydrogens is 428 g/mol. The summed E-state index contributed by atoms with van der Waals surface area (Å²) in [6.45, 7) is -0.0554. The van der Waals surface area contributed by atoms with Gasteiger partial charge in [-0.3, -0.25) is 19.7 Å². The topological polar surface area (TPSA) is 127 Å². The highest BCUT2D eigenvalue weighted by atomic mass is 16.6. The Morgan fingerprint density at radius 1 is 1.09 bits per heavy atom. The SMILES string of the molecule is O=C(C1=C(O)C(=O)N(Cc2ccco2)C1c1cccc([N+](=O)[O-])c1)c1cc2ccccc2o1. The minimum Gasteiger partial charge on any atom is -0.503 e. The first kappa shape index (κ1) is 20.3. The minimum atomic E-state index is -1.08. The monoisotopic (exact) mass is 444 g/mol. The highest BCUT2D eigenvalue weighted by Crippen LogP contribution is 2.41. The number of hydrogen-bond acceptors (Lipinski definition) is 7. The van der Waals surface area contributed by atoms with Gasteiger partial charge in [0.15, 0.2) is 11.5 Å². The van der Waals surface area contributed by atoms with Crippen molar-refractivity contribution in [2.24, 2.45) is 0 Å². The number of nitrogens with zero attached hydrogens (tertiary/aromatic N) is 2. The van der Waals surface area contributed by atoms with Crippen molar-refractivity contribution in [1.29, 1.82) is 0 Å². The number of para-hydroxylation sites is 1. The number of aliphatic hydroxyl groups excluding tert-OH is 1. The number of non-ortho nitro benzene ring substituents is 1. The molecule has 33 heavy (non-hydrogen) atoms. The van der Waals surface area contributed by atoms with E-state index >= 15 is 0 Å². The standard InChI is InChI=1S/C24H16N2O7/c27-22(19-12-14-5-1-2-9-18(14)33-19)20-21(15-6-3-7-16(11-15)26(30)31)25(24(29)23(20)28)13-17-8-4-10-32-17/h1-12,21,28H,13H2. The number of benzene rings is 2. The van der Waals surface area contributed by atoms with E-state index in [1.54, 1.807) is 42.5 Å². The van der Waals surface area contributed by atoms with Crippen LogP contribution in [0.5, 0.6) is 0 Å². The van der Waals surface area contributed by atoms with Gasteiger partial charge in [0.2, 0.25) is 5.78 Å². The van der Waals surface area contributed by atoms with E-state index in [4.69, 9.17) is 8.83 Å². The number of rotatable bonds is 6. The van der Waals surface area contributed by atoms with Crippen molar-refractivity contribution in [2.75, 3.05) is 0 Å². The summed E-state index contributed by atoms with van der Waals surface area (Å²) in [5.74, 6) is -1.84. The van der Waals surface area contributed by atoms with E-state index in [1.807, 2.05) is 0 Å². The lowest BCUT2D eigenvalue weighted by Crippen LogP contribution is -2.30. The maximum atomic E-state index is 13.5. The summed E-state index contributed by atoms with van der Waals surface area (Å²) in [5, 5.41) is 22.8. The molecule has 4 aromatic rings. The Morgan fingerprint density at radius 2 is 1.91 bits per heavy atom. The van der Waals surface area contributed by atoms with Crippen molar-refractivity contribution in [3.63, 3.8) is 0 Å². The van der Waals surface area contributed by atoms with E-state index < -0.39 is 28.4 Å². The van der Waals surface area contributed by atoms with E-state index in [1.165, 1.54) is 35.4 Å². The van der Waals surface area contributed by atoms with Crippen molar-refractivity contribution in [2.45, 2.75) is 12.6 Å². The van der Waals surface area contributed by atoms with Gasteiger partial charge < -0.3 is 18.8 Å². The number of carbonyl (C=O) groups is 2. The summed E-state index contributed by atoms with van der Waals surface area (Å²) >= 11 is 0. The first-order chi connectivity index (χ1) is 15.9. The fraction of sp³-hybridized carbons (Fsp3) is 0.0833. The second-order valence-electron chi connectivity index (χ2n) is 7.51. The number of carbonyl (C=O) groups excluding carboxylic acids is 2. The van der Waals surface area contributed by atoms with Crippen LogP contribution in [0.4, 0.5) is 5.69 Å². The van der Waals surface area contributed by atoms with Crippen LogP contribution in [0.1, 0.15) is 27.9 Å². The molecular formula is C24H16N2O7. The van der Waals surface area contributed by atoms with Crippen LogP contribution in [0.25, 0.3) is 11.0 Å². The van der Waals surface area contributed by atoms with Gasteiger partial charge in [0, 0.05) is 17.5 Å². The molecule has 2 aromatic carbocycles. The molecule has 164 valence electrons. The lowest BCUT2D eigenvalue weighted by atomic mass is 9.94. The third-order valence-corrected chi connectivity index (χ3v) is 5.50. The quantitative estimate of drug-likeness (QED) is 0.259. The Labute approximate surface area is 186 Å². The summed E-state index contributed by atoms with van der Waals surface area (Å²) < 4.78 is 11.0. The zero-order chi connectivity index (χ0) is 23.1. The van der Waals surface area contributed by atoms with Gasteiger partial charge in [0.1, 0.15) is 11.3 Å². The molecule has 9 heteroatoms. The number of aliphatic hydroxyl groups is 1. The Balaban J connectivity index is 1.63. The molecule has 5 rings (SSSR count). The van der Waals surface area contributed by atoms with Gasteiger partial charge >= 0.3 is 0 Å². The molecule has 1 aliphatic rings. The maximum absolute atomic E-state index is 13.5. The van der Waals surface area contributed by atoms with Gasteiger partial charge in [0.25, 0.3) is 11.6 Å². The van der Waals surface area contributed by atoms with Crippen LogP contribution in [0, 0.1) is 10.1 Å². The summed E-state index contributed by atoms with van der Waals surface area (Å²) in [4.78, 5) is 38.5. The average Bonchev–Trinajstić information content (AvgIpc) is 3.54. The van der Waals surface area contributed by atoms with E-state index in [0.717, 1.165) is 0 Å². The van der Waals surface area contributed by atoms with Crippen molar-refractivity contribution >= 4 is 28.3 Å². The third kappa shape index (κ3) is 3.45. The molecule has 0 radical (unpaired) electrons. The van der Waals surface area contributed by atoms with Crippen LogP contribution >= 0.6 is 0 Å². The predicted octanol–water partition coefficient (Wildman–Crippen LogP) is 4.71. The molecule has 1 unspecified atom stereocenters. The first-order valence-electron chi connectivity index (χ1n) is 9.98. The second kappa shape index (κ2) is 7.79. The normalized spacial score (nSPS) is 16.1. The second-order valence-corrected chi connectivity index (χ2v) is 7.51. The molecule has 0 fully saturated rings. The van der Waals surface area contributed by atoms with E-state index in [9.17, 15) is 24.8 Å². The summed E-state index contributed by atoms with van der Waals surface area (Å²) in [7, 11) is 0. The van der Waals surface area contributed by atoms with Gasteiger partial charge in [-0.2, -0.15) is 0 Å². The van der Waals surface area contributed by atoms with Gasteiger partial charge in [-0.25, -0.2) is 0 Å². The van der Waals surface area contributed by atoms with Crippen LogP contribution in [-0.4, -0.2) is 26.6 Å². The fourth-order valence-corrected chi connectivity index (χ4v) is 4.00. The lowest BCUT2D eigenvalue weighted by molar-refractivity contribution is -0.384. The highest BCUT2D eigenvalue weighted by molar-refractivity contribution is 6.16. The zero-order valence-electron chi connectivity index (χ0n) is 17.0. The van der Waals surface area contributed by atoms with Crippen LogP contribution < -0.4 is 0 Å². The summed E-state index contributed by atoms with van der Waals surface area (Å²) in [5.41, 5.74) is 0.350. The molecule has 0 saturated heterocycles. The predicted molar refractivity (Wildman–Crippen MR) is 115 cm³/mol. The number of amides is 1. The molecule has 3 heterocycles. The molecule has 0 bridgehead atoms. The van der Waals surface area contributed by atoms with E-state index in [-0.39, 0.29) is 23.6 Å². The fourth-order valence-electron chi connectivity index (χ4n) is 4.00. The molecule has 0 saturated carbocycles. The maximum Gasteiger partial charge on any atom is 0.290 e. The molecule has 9 nitrogen and oxygen atoms in total.